The van der Waals surface area contributed by atoms with E-state index in [1.165, 1.54) is 37.7 Å². The van der Waals surface area contributed by atoms with E-state index in [1.807, 2.05) is 0 Å². The number of nitrogens with one attached hydrogen (secondary N) is 1. The van der Waals surface area contributed by atoms with Crippen LogP contribution in [0.25, 0.3) is 0 Å². The van der Waals surface area contributed by atoms with Gasteiger partial charge in [-0.15, -0.1) is 0 Å². The Morgan fingerprint density at radius 3 is 2.39 bits per heavy atom. The van der Waals surface area contributed by atoms with E-state index in [0.717, 1.165) is 31.4 Å². The Bertz CT molecular complexity index is 552. The molecule has 0 radical (unpaired) electrons. The molecule has 2 rings (SSSR count). The molecule has 1 fully saturated rings. The highest BCUT2D eigenvalue weighted by molar-refractivity contribution is 5.27. The summed E-state index contributed by atoms with van der Waals surface area (Å²) in [7, 11) is 0. The minimum atomic E-state index is 0.222. The van der Waals surface area contributed by atoms with Crippen LogP contribution in [0.1, 0.15) is 79.2 Å². The van der Waals surface area contributed by atoms with Crippen molar-refractivity contribution in [1.82, 2.24) is 5.32 Å². The first-order valence-electron chi connectivity index (χ1n) is 11.4. The number of rotatable bonds is 11. The molecule has 1 aromatic rings. The van der Waals surface area contributed by atoms with Crippen LogP contribution in [0.15, 0.2) is 24.3 Å². The van der Waals surface area contributed by atoms with E-state index in [0.29, 0.717) is 17.4 Å². The molecule has 0 saturated carbocycles. The van der Waals surface area contributed by atoms with Gasteiger partial charge in [0, 0.05) is 13.2 Å². The molecule has 1 N–H and O–H groups in total. The van der Waals surface area contributed by atoms with Crippen LogP contribution in [0.5, 0.6) is 5.75 Å². The van der Waals surface area contributed by atoms with Crippen LogP contribution in [0.4, 0.5) is 0 Å². The predicted molar refractivity (Wildman–Crippen MR) is 119 cm³/mol. The summed E-state index contributed by atoms with van der Waals surface area (Å²) in [5.74, 6) is 2.34. The summed E-state index contributed by atoms with van der Waals surface area (Å²) in [6.07, 6.45) is 6.99. The molecule has 0 amide bonds. The van der Waals surface area contributed by atoms with Crippen molar-refractivity contribution >= 4 is 0 Å². The van der Waals surface area contributed by atoms with Gasteiger partial charge in [-0.3, -0.25) is 0 Å². The van der Waals surface area contributed by atoms with Crippen molar-refractivity contribution in [3.8, 4) is 5.75 Å². The molecule has 0 bridgehead atoms. The smallest absolute Gasteiger partial charge is 0.119 e. The van der Waals surface area contributed by atoms with E-state index in [2.05, 4.69) is 71.1 Å². The van der Waals surface area contributed by atoms with Gasteiger partial charge in [-0.2, -0.15) is 0 Å². The molecule has 0 aliphatic carbocycles. The van der Waals surface area contributed by atoms with Crippen molar-refractivity contribution in [2.24, 2.45) is 17.3 Å². The van der Waals surface area contributed by atoms with Crippen molar-refractivity contribution in [3.05, 3.63) is 29.8 Å². The number of hydrogen-bond donors (Lipinski definition) is 1. The zero-order valence-corrected chi connectivity index (χ0v) is 19.1. The molecule has 3 heteroatoms. The monoisotopic (exact) mass is 389 g/mol. The first-order chi connectivity index (χ1) is 13.3. The molecular formula is C25H43NO2. The van der Waals surface area contributed by atoms with Crippen molar-refractivity contribution < 1.29 is 9.47 Å². The zero-order valence-electron chi connectivity index (χ0n) is 19.1. The average molecular weight is 390 g/mol. The quantitative estimate of drug-likeness (QED) is 0.456. The van der Waals surface area contributed by atoms with Gasteiger partial charge in [0.05, 0.1) is 12.2 Å². The minimum absolute atomic E-state index is 0.222. The van der Waals surface area contributed by atoms with Crippen LogP contribution >= 0.6 is 0 Å². The maximum absolute atomic E-state index is 6.08. The molecule has 1 aliphatic rings. The molecule has 1 heterocycles. The van der Waals surface area contributed by atoms with Crippen LogP contribution in [-0.2, 0) is 11.3 Å². The number of ether oxygens (including phenoxy) is 2. The lowest BCUT2D eigenvalue weighted by atomic mass is 9.69. The fourth-order valence-electron chi connectivity index (χ4n) is 4.16. The molecule has 0 spiro atoms. The lowest BCUT2D eigenvalue weighted by Crippen LogP contribution is -2.39. The highest BCUT2D eigenvalue weighted by Gasteiger charge is 2.37. The largest absolute Gasteiger partial charge is 0.491 e. The summed E-state index contributed by atoms with van der Waals surface area (Å²) in [6.45, 7) is 16.3. The summed E-state index contributed by atoms with van der Waals surface area (Å²) in [4.78, 5) is 0. The maximum Gasteiger partial charge on any atom is 0.119 e. The summed E-state index contributed by atoms with van der Waals surface area (Å²) in [6, 6.07) is 8.49. The summed E-state index contributed by atoms with van der Waals surface area (Å²) >= 11 is 0. The second-order valence-electron chi connectivity index (χ2n) is 9.78. The van der Waals surface area contributed by atoms with Gasteiger partial charge in [0.1, 0.15) is 5.75 Å². The summed E-state index contributed by atoms with van der Waals surface area (Å²) in [5.41, 5.74) is 1.76. The number of benzene rings is 1. The van der Waals surface area contributed by atoms with Gasteiger partial charge in [0.15, 0.2) is 0 Å². The molecule has 0 aromatic heterocycles. The minimum Gasteiger partial charge on any atom is -0.491 e. The molecule has 2 atom stereocenters. The van der Waals surface area contributed by atoms with Crippen molar-refractivity contribution in [2.75, 3.05) is 13.2 Å². The molecule has 1 saturated heterocycles. The zero-order chi connectivity index (χ0) is 20.6. The van der Waals surface area contributed by atoms with Crippen LogP contribution in [0, 0.1) is 17.3 Å². The Morgan fingerprint density at radius 2 is 1.79 bits per heavy atom. The third-order valence-corrected chi connectivity index (χ3v) is 6.05. The van der Waals surface area contributed by atoms with E-state index >= 15 is 0 Å². The molecular weight excluding hydrogens is 346 g/mol. The van der Waals surface area contributed by atoms with Gasteiger partial charge < -0.3 is 14.8 Å². The third kappa shape index (κ3) is 7.75. The molecule has 3 nitrogen and oxygen atoms in total. The van der Waals surface area contributed by atoms with Crippen molar-refractivity contribution in [2.45, 2.75) is 92.4 Å². The predicted octanol–water partition coefficient (Wildman–Crippen LogP) is 6.21. The van der Waals surface area contributed by atoms with Gasteiger partial charge in [0.2, 0.25) is 0 Å². The Hall–Kier alpha value is -1.06. The van der Waals surface area contributed by atoms with Crippen molar-refractivity contribution in [1.29, 1.82) is 0 Å². The van der Waals surface area contributed by atoms with E-state index < -0.39 is 0 Å². The Morgan fingerprint density at radius 1 is 1.07 bits per heavy atom. The highest BCUT2D eigenvalue weighted by atomic mass is 16.5. The Balaban J connectivity index is 1.85. The van der Waals surface area contributed by atoms with Gasteiger partial charge >= 0.3 is 0 Å². The maximum atomic E-state index is 6.08. The summed E-state index contributed by atoms with van der Waals surface area (Å²) < 4.78 is 11.8. The molecule has 1 aliphatic heterocycles. The van der Waals surface area contributed by atoms with Gasteiger partial charge in [-0.05, 0) is 81.0 Å². The summed E-state index contributed by atoms with van der Waals surface area (Å²) in [5, 5.41) is 3.68. The van der Waals surface area contributed by atoms with Gasteiger partial charge in [0.25, 0.3) is 0 Å². The normalized spacial score (nSPS) is 23.0. The molecule has 160 valence electrons. The van der Waals surface area contributed by atoms with E-state index in [9.17, 15) is 0 Å². The third-order valence-electron chi connectivity index (χ3n) is 6.05. The standard InChI is InChI=1S/C25H43NO2/c1-19(2)11-12-25(14-16-27-24(17-25)20(3)4)13-15-26-18-22-7-9-23(10-8-22)28-21(5)6/h7-10,19-21,24,26H,11-18H2,1-6H3/t24-,25+/m1/s1. The first kappa shape index (κ1) is 23.2. The Kier molecular flexibility index (Phi) is 9.30. The van der Waals surface area contributed by atoms with Gasteiger partial charge in [-0.1, -0.05) is 46.2 Å². The molecule has 28 heavy (non-hydrogen) atoms. The molecule has 1 aromatic carbocycles. The van der Waals surface area contributed by atoms with E-state index in [1.54, 1.807) is 0 Å². The Labute approximate surface area is 173 Å². The van der Waals surface area contributed by atoms with Gasteiger partial charge in [-0.25, -0.2) is 0 Å². The topological polar surface area (TPSA) is 30.5 Å². The van der Waals surface area contributed by atoms with Crippen molar-refractivity contribution in [3.63, 3.8) is 0 Å². The second kappa shape index (κ2) is 11.2. The highest BCUT2D eigenvalue weighted by Crippen LogP contribution is 2.43. The fourth-order valence-corrected chi connectivity index (χ4v) is 4.16. The van der Waals surface area contributed by atoms with Crippen LogP contribution in [-0.4, -0.2) is 25.4 Å². The lowest BCUT2D eigenvalue weighted by molar-refractivity contribution is -0.0761. The number of hydrogen-bond acceptors (Lipinski definition) is 3. The second-order valence-corrected chi connectivity index (χ2v) is 9.78. The van der Waals surface area contributed by atoms with Crippen LogP contribution in [0.2, 0.25) is 0 Å². The van der Waals surface area contributed by atoms with Crippen LogP contribution in [0.3, 0.4) is 0 Å². The van der Waals surface area contributed by atoms with E-state index in [4.69, 9.17) is 9.47 Å². The first-order valence-corrected chi connectivity index (χ1v) is 11.4. The lowest BCUT2D eigenvalue weighted by Gasteiger charge is -2.43. The fraction of sp³-hybridized carbons (Fsp3) is 0.760. The average Bonchev–Trinajstić information content (AvgIpc) is 2.65. The van der Waals surface area contributed by atoms with E-state index in [-0.39, 0.29) is 6.10 Å². The SMILES string of the molecule is CC(C)CC[C@]1(CCNCc2ccc(OC(C)C)cc2)CCO[C@@H](C(C)C)C1. The van der Waals surface area contributed by atoms with Crippen LogP contribution < -0.4 is 10.1 Å². The molecule has 0 unspecified atom stereocenters.